The van der Waals surface area contributed by atoms with E-state index >= 15 is 0 Å². The van der Waals surface area contributed by atoms with Gasteiger partial charge in [-0.15, -0.1) is 0 Å². The molecule has 7 nitrogen and oxygen atoms in total. The van der Waals surface area contributed by atoms with Crippen LogP contribution in [0.25, 0.3) is 0 Å². The van der Waals surface area contributed by atoms with Crippen LogP contribution >= 0.6 is 11.6 Å². The second-order valence-corrected chi connectivity index (χ2v) is 6.82. The Hall–Kier alpha value is -1.67. The highest BCUT2D eigenvalue weighted by Gasteiger charge is 2.41. The highest BCUT2D eigenvalue weighted by Crippen LogP contribution is 2.30. The van der Waals surface area contributed by atoms with Crippen molar-refractivity contribution in [2.24, 2.45) is 11.8 Å². The maximum atomic E-state index is 12.6. The number of hydrogen-bond donors (Lipinski definition) is 4. The molecule has 2 heterocycles. The van der Waals surface area contributed by atoms with Gasteiger partial charge in [0.15, 0.2) is 0 Å². The van der Waals surface area contributed by atoms with Crippen molar-refractivity contribution in [3.05, 3.63) is 34.9 Å². The molecule has 0 spiro atoms. The van der Waals surface area contributed by atoms with Gasteiger partial charge in [-0.05, 0) is 29.5 Å². The third-order valence-electron chi connectivity index (χ3n) is 4.71. The van der Waals surface area contributed by atoms with Gasteiger partial charge in [-0.25, -0.2) is 10.9 Å². The van der Waals surface area contributed by atoms with E-state index in [-0.39, 0.29) is 36.6 Å². The molecule has 2 aliphatic rings. The molecule has 24 heavy (non-hydrogen) atoms. The predicted molar refractivity (Wildman–Crippen MR) is 89.0 cm³/mol. The summed E-state index contributed by atoms with van der Waals surface area (Å²) in [5.41, 5.74) is 9.81. The molecule has 0 bridgehead atoms. The first-order chi connectivity index (χ1) is 11.5. The van der Waals surface area contributed by atoms with Crippen molar-refractivity contribution in [3.63, 3.8) is 0 Å². The van der Waals surface area contributed by atoms with Crippen molar-refractivity contribution in [2.45, 2.75) is 18.9 Å². The number of nitrogens with zero attached hydrogens (tertiary/aromatic N) is 1. The van der Waals surface area contributed by atoms with Gasteiger partial charge >= 0.3 is 5.97 Å². The Morgan fingerprint density at radius 3 is 2.83 bits per heavy atom. The van der Waals surface area contributed by atoms with E-state index in [9.17, 15) is 9.59 Å². The summed E-state index contributed by atoms with van der Waals surface area (Å²) >= 11 is 5.97. The van der Waals surface area contributed by atoms with E-state index < -0.39 is 5.97 Å². The molecule has 3 rings (SSSR count). The van der Waals surface area contributed by atoms with Crippen LogP contribution in [0.3, 0.4) is 0 Å². The number of aliphatic carboxylic acids is 1. The standard InChI is InChI=1S/C16H21ClN4O3/c17-12-3-1-2-10(4-12)5-15(22)21-8-11(6-16(23)24)13(9-21)14-7-18-20-19-14/h1-4,11,13-14,18-20H,5-9H2,(H,23,24)/t11-,13+,14?/m1/s1. The van der Waals surface area contributed by atoms with E-state index in [0.29, 0.717) is 24.7 Å². The van der Waals surface area contributed by atoms with Crippen molar-refractivity contribution in [2.75, 3.05) is 19.6 Å². The second kappa shape index (κ2) is 7.48. The summed E-state index contributed by atoms with van der Waals surface area (Å²) in [5, 5.41) is 9.76. The van der Waals surface area contributed by atoms with Crippen LogP contribution in [0.1, 0.15) is 12.0 Å². The topological polar surface area (TPSA) is 93.7 Å². The quantitative estimate of drug-likeness (QED) is 0.613. The largest absolute Gasteiger partial charge is 0.481 e. The minimum Gasteiger partial charge on any atom is -0.481 e. The average Bonchev–Trinajstić information content (AvgIpc) is 3.15. The number of carboxylic acid groups (broad SMARTS) is 1. The summed E-state index contributed by atoms with van der Waals surface area (Å²) in [4.78, 5) is 25.5. The normalized spacial score (nSPS) is 26.7. The predicted octanol–water partition coefficient (Wildman–Crippen LogP) is 0.413. The molecule has 2 fully saturated rings. The van der Waals surface area contributed by atoms with Gasteiger partial charge in [0.05, 0.1) is 12.8 Å². The number of halogens is 1. The number of hydrogen-bond acceptors (Lipinski definition) is 5. The minimum absolute atomic E-state index is 0.00840. The Balaban J connectivity index is 1.67. The van der Waals surface area contributed by atoms with E-state index in [2.05, 4.69) is 16.4 Å². The Morgan fingerprint density at radius 1 is 1.33 bits per heavy atom. The monoisotopic (exact) mass is 352 g/mol. The highest BCUT2D eigenvalue weighted by atomic mass is 35.5. The number of amides is 1. The summed E-state index contributed by atoms with van der Waals surface area (Å²) in [7, 11) is 0. The van der Waals surface area contributed by atoms with Gasteiger partial charge in [-0.3, -0.25) is 9.59 Å². The molecular formula is C16H21ClN4O3. The molecule has 1 aromatic rings. The van der Waals surface area contributed by atoms with Crippen LogP contribution in [0.5, 0.6) is 0 Å². The fourth-order valence-corrected chi connectivity index (χ4v) is 3.76. The van der Waals surface area contributed by atoms with E-state index in [4.69, 9.17) is 16.7 Å². The Bertz CT molecular complexity index is 621. The number of carboxylic acids is 1. The molecule has 3 atom stereocenters. The zero-order valence-corrected chi connectivity index (χ0v) is 13.9. The van der Waals surface area contributed by atoms with Gasteiger partial charge in [0.25, 0.3) is 0 Å². The van der Waals surface area contributed by atoms with Gasteiger partial charge in [0.1, 0.15) is 0 Å². The number of carbonyl (C=O) groups is 2. The average molecular weight is 353 g/mol. The summed E-state index contributed by atoms with van der Waals surface area (Å²) in [5.74, 6) is -0.765. The van der Waals surface area contributed by atoms with Crippen LogP contribution in [0.4, 0.5) is 0 Å². The Morgan fingerprint density at radius 2 is 2.17 bits per heavy atom. The first-order valence-electron chi connectivity index (χ1n) is 8.00. The van der Waals surface area contributed by atoms with Crippen molar-refractivity contribution < 1.29 is 14.7 Å². The van der Waals surface area contributed by atoms with Crippen LogP contribution in [0.15, 0.2) is 24.3 Å². The fraction of sp³-hybridized carbons (Fsp3) is 0.500. The molecule has 1 aromatic carbocycles. The molecule has 2 aliphatic heterocycles. The lowest BCUT2D eigenvalue weighted by Crippen LogP contribution is -2.41. The summed E-state index contributed by atoms with van der Waals surface area (Å²) in [6.07, 6.45) is 0.353. The molecule has 4 N–H and O–H groups in total. The Labute approximate surface area is 145 Å². The number of nitrogens with one attached hydrogen (secondary N) is 3. The van der Waals surface area contributed by atoms with Gasteiger partial charge in [0, 0.05) is 30.7 Å². The molecule has 0 aromatic heterocycles. The lowest BCUT2D eigenvalue weighted by molar-refractivity contribution is -0.138. The minimum atomic E-state index is -0.826. The van der Waals surface area contributed by atoms with E-state index in [1.54, 1.807) is 17.0 Å². The molecule has 8 heteroatoms. The molecule has 0 aliphatic carbocycles. The van der Waals surface area contributed by atoms with Crippen molar-refractivity contribution >= 4 is 23.5 Å². The Kier molecular flexibility index (Phi) is 5.35. The molecule has 1 unspecified atom stereocenters. The summed E-state index contributed by atoms with van der Waals surface area (Å²) in [6.45, 7) is 1.75. The number of likely N-dealkylation sites (tertiary alicyclic amines) is 1. The first-order valence-corrected chi connectivity index (χ1v) is 8.38. The molecule has 130 valence electrons. The molecule has 1 amide bonds. The maximum Gasteiger partial charge on any atom is 0.303 e. The lowest BCUT2D eigenvalue weighted by atomic mass is 9.87. The zero-order valence-electron chi connectivity index (χ0n) is 13.2. The molecule has 2 saturated heterocycles. The first kappa shape index (κ1) is 17.2. The smallest absolute Gasteiger partial charge is 0.303 e. The van der Waals surface area contributed by atoms with E-state index in [0.717, 1.165) is 5.56 Å². The van der Waals surface area contributed by atoms with Gasteiger partial charge in [-0.2, -0.15) is 5.53 Å². The molecule has 0 saturated carbocycles. The van der Waals surface area contributed by atoms with Gasteiger partial charge in [0.2, 0.25) is 5.91 Å². The van der Waals surface area contributed by atoms with Crippen LogP contribution in [0.2, 0.25) is 5.02 Å². The molecule has 0 radical (unpaired) electrons. The molecular weight excluding hydrogens is 332 g/mol. The van der Waals surface area contributed by atoms with Crippen LogP contribution in [-0.2, 0) is 16.0 Å². The van der Waals surface area contributed by atoms with Crippen molar-refractivity contribution in [1.29, 1.82) is 0 Å². The van der Waals surface area contributed by atoms with Crippen LogP contribution in [-0.4, -0.2) is 47.6 Å². The number of rotatable bonds is 5. The fourth-order valence-electron chi connectivity index (χ4n) is 3.54. The summed E-state index contributed by atoms with van der Waals surface area (Å²) in [6, 6.07) is 7.37. The summed E-state index contributed by atoms with van der Waals surface area (Å²) < 4.78 is 0. The SMILES string of the molecule is O=C(O)C[C@@H]1CN(C(=O)Cc2cccc(Cl)c2)C[C@@H]1C1CNNN1. The number of hydrazine groups is 2. The van der Waals surface area contributed by atoms with Gasteiger partial charge in [-0.1, -0.05) is 23.7 Å². The highest BCUT2D eigenvalue weighted by molar-refractivity contribution is 6.30. The maximum absolute atomic E-state index is 12.6. The zero-order chi connectivity index (χ0) is 17.1. The number of benzene rings is 1. The van der Waals surface area contributed by atoms with Crippen LogP contribution < -0.4 is 16.4 Å². The van der Waals surface area contributed by atoms with Crippen LogP contribution in [0, 0.1) is 11.8 Å². The van der Waals surface area contributed by atoms with E-state index in [1.165, 1.54) is 0 Å². The van der Waals surface area contributed by atoms with Crippen molar-refractivity contribution in [3.8, 4) is 0 Å². The third kappa shape index (κ3) is 4.05. The van der Waals surface area contributed by atoms with Gasteiger partial charge < -0.3 is 10.0 Å². The second-order valence-electron chi connectivity index (χ2n) is 6.38. The number of carbonyl (C=O) groups excluding carboxylic acids is 1. The third-order valence-corrected chi connectivity index (χ3v) is 4.95. The van der Waals surface area contributed by atoms with E-state index in [1.807, 2.05) is 12.1 Å². The van der Waals surface area contributed by atoms with Crippen molar-refractivity contribution in [1.82, 2.24) is 21.3 Å². The lowest BCUT2D eigenvalue weighted by Gasteiger charge is -2.22.